The Bertz CT molecular complexity index is 862. The number of fused-ring (bicyclic) bond motifs is 4. The minimum Gasteiger partial charge on any atom is -0.248 e. The van der Waals surface area contributed by atoms with E-state index in [0.29, 0.717) is 0 Å². The SMILES string of the molecule is S=C1CC=Cc2ccc3nc4ccccc4cc3c21. The lowest BCUT2D eigenvalue weighted by Gasteiger charge is -2.14. The number of rotatable bonds is 0. The van der Waals surface area contributed by atoms with E-state index in [9.17, 15) is 0 Å². The van der Waals surface area contributed by atoms with Crippen LogP contribution in [-0.2, 0) is 0 Å². The number of para-hydroxylation sites is 1. The molecule has 0 fully saturated rings. The second-order valence-corrected chi connectivity index (χ2v) is 5.30. The summed E-state index contributed by atoms with van der Waals surface area (Å²) < 4.78 is 0. The maximum absolute atomic E-state index is 5.53. The van der Waals surface area contributed by atoms with Crippen LogP contribution in [-0.4, -0.2) is 9.85 Å². The largest absolute Gasteiger partial charge is 0.248 e. The molecule has 1 aliphatic rings. The predicted molar refractivity (Wildman–Crippen MR) is 84.6 cm³/mol. The van der Waals surface area contributed by atoms with Gasteiger partial charge in [0.15, 0.2) is 0 Å². The van der Waals surface area contributed by atoms with Crippen molar-refractivity contribution < 1.29 is 0 Å². The van der Waals surface area contributed by atoms with Crippen LogP contribution < -0.4 is 0 Å². The summed E-state index contributed by atoms with van der Waals surface area (Å²) in [5.74, 6) is 0. The monoisotopic (exact) mass is 261 g/mol. The highest BCUT2D eigenvalue weighted by molar-refractivity contribution is 7.80. The first-order valence-corrected chi connectivity index (χ1v) is 6.76. The van der Waals surface area contributed by atoms with Crippen molar-refractivity contribution in [3.05, 3.63) is 59.7 Å². The van der Waals surface area contributed by atoms with Crippen molar-refractivity contribution in [1.82, 2.24) is 4.98 Å². The Kier molecular flexibility index (Phi) is 2.26. The summed E-state index contributed by atoms with van der Waals surface area (Å²) in [7, 11) is 0. The first-order valence-electron chi connectivity index (χ1n) is 6.35. The molecule has 1 aliphatic carbocycles. The molecular weight excluding hydrogens is 250 g/mol. The van der Waals surface area contributed by atoms with Crippen LogP contribution in [0.3, 0.4) is 0 Å². The van der Waals surface area contributed by atoms with E-state index in [4.69, 9.17) is 17.2 Å². The molecule has 90 valence electrons. The zero-order chi connectivity index (χ0) is 12.8. The van der Waals surface area contributed by atoms with E-state index in [1.165, 1.54) is 21.9 Å². The molecule has 0 spiro atoms. The van der Waals surface area contributed by atoms with Gasteiger partial charge in [0.05, 0.1) is 11.0 Å². The Morgan fingerprint density at radius 1 is 1.00 bits per heavy atom. The summed E-state index contributed by atoms with van der Waals surface area (Å²) in [4.78, 5) is 5.75. The molecule has 4 rings (SSSR count). The first kappa shape index (κ1) is 10.8. The van der Waals surface area contributed by atoms with Crippen molar-refractivity contribution in [1.29, 1.82) is 0 Å². The standard InChI is InChI=1S/C17H11NS/c19-16-7-3-5-11-8-9-15-13(17(11)16)10-12-4-1-2-6-14(12)18-15/h1-6,8-10H,7H2. The summed E-state index contributed by atoms with van der Waals surface area (Å²) >= 11 is 5.53. The topological polar surface area (TPSA) is 12.9 Å². The Morgan fingerprint density at radius 2 is 1.89 bits per heavy atom. The molecule has 19 heavy (non-hydrogen) atoms. The number of thiocarbonyl (C=S) groups is 1. The smallest absolute Gasteiger partial charge is 0.0716 e. The third-order valence-corrected chi connectivity index (χ3v) is 3.98. The molecular formula is C17H11NS. The molecule has 0 bridgehead atoms. The Labute approximate surface area is 116 Å². The molecule has 2 aromatic carbocycles. The van der Waals surface area contributed by atoms with Crippen molar-refractivity contribution >= 4 is 45.0 Å². The van der Waals surface area contributed by atoms with Gasteiger partial charge in [-0.1, -0.05) is 48.6 Å². The van der Waals surface area contributed by atoms with Crippen molar-refractivity contribution in [2.75, 3.05) is 0 Å². The van der Waals surface area contributed by atoms with E-state index < -0.39 is 0 Å². The van der Waals surface area contributed by atoms with Crippen molar-refractivity contribution in [2.45, 2.75) is 6.42 Å². The molecule has 1 nitrogen and oxygen atoms in total. The second-order valence-electron chi connectivity index (χ2n) is 4.81. The van der Waals surface area contributed by atoms with Crippen LogP contribution in [0, 0.1) is 0 Å². The van der Waals surface area contributed by atoms with E-state index in [1.807, 2.05) is 18.2 Å². The highest BCUT2D eigenvalue weighted by atomic mass is 32.1. The number of aromatic nitrogens is 1. The molecule has 1 heterocycles. The number of allylic oxidation sites excluding steroid dienone is 1. The van der Waals surface area contributed by atoms with E-state index in [0.717, 1.165) is 22.3 Å². The lowest BCUT2D eigenvalue weighted by molar-refractivity contribution is 1.45. The third kappa shape index (κ3) is 1.60. The minimum absolute atomic E-state index is 0.855. The molecule has 0 saturated carbocycles. The minimum atomic E-state index is 0.855. The highest BCUT2D eigenvalue weighted by Gasteiger charge is 2.14. The van der Waals surface area contributed by atoms with Gasteiger partial charge >= 0.3 is 0 Å². The number of pyridine rings is 1. The lowest BCUT2D eigenvalue weighted by atomic mass is 9.92. The maximum atomic E-state index is 5.53. The molecule has 1 aromatic heterocycles. The summed E-state index contributed by atoms with van der Waals surface area (Å²) in [5, 5.41) is 2.34. The molecule has 3 aromatic rings. The molecule has 0 saturated heterocycles. The Morgan fingerprint density at radius 3 is 2.84 bits per heavy atom. The molecule has 0 unspecified atom stereocenters. The first-order chi connectivity index (χ1) is 9.33. The average Bonchev–Trinajstić information content (AvgIpc) is 2.45. The van der Waals surface area contributed by atoms with Gasteiger partial charge in [-0.05, 0) is 23.8 Å². The van der Waals surface area contributed by atoms with Crippen LogP contribution in [0.5, 0.6) is 0 Å². The van der Waals surface area contributed by atoms with Gasteiger partial charge in [0, 0.05) is 27.6 Å². The summed E-state index contributed by atoms with van der Waals surface area (Å²) in [5.41, 5.74) is 4.46. The van der Waals surface area contributed by atoms with Gasteiger partial charge in [0.1, 0.15) is 0 Å². The maximum Gasteiger partial charge on any atom is 0.0716 e. The number of nitrogens with zero attached hydrogens (tertiary/aromatic N) is 1. The molecule has 0 amide bonds. The second kappa shape index (κ2) is 3.97. The molecule has 0 N–H and O–H groups in total. The van der Waals surface area contributed by atoms with Gasteiger partial charge < -0.3 is 0 Å². The fraction of sp³-hybridized carbons (Fsp3) is 0.0588. The van der Waals surface area contributed by atoms with Crippen LogP contribution in [0.4, 0.5) is 0 Å². The van der Waals surface area contributed by atoms with Crippen molar-refractivity contribution in [3.63, 3.8) is 0 Å². The van der Waals surface area contributed by atoms with Gasteiger partial charge in [0.2, 0.25) is 0 Å². The zero-order valence-electron chi connectivity index (χ0n) is 10.3. The normalized spacial score (nSPS) is 14.0. The van der Waals surface area contributed by atoms with Crippen LogP contribution in [0.1, 0.15) is 17.5 Å². The zero-order valence-corrected chi connectivity index (χ0v) is 11.1. The third-order valence-electron chi connectivity index (χ3n) is 3.61. The quantitative estimate of drug-likeness (QED) is 0.436. The van der Waals surface area contributed by atoms with Crippen molar-refractivity contribution in [2.24, 2.45) is 0 Å². The molecule has 0 radical (unpaired) electrons. The van der Waals surface area contributed by atoms with Crippen LogP contribution in [0.25, 0.3) is 27.9 Å². The molecule has 0 atom stereocenters. The molecule has 0 aliphatic heterocycles. The van der Waals surface area contributed by atoms with Gasteiger partial charge in [-0.15, -0.1) is 0 Å². The lowest BCUT2D eigenvalue weighted by Crippen LogP contribution is -2.04. The van der Waals surface area contributed by atoms with E-state index in [2.05, 4.69) is 36.4 Å². The van der Waals surface area contributed by atoms with Gasteiger partial charge in [-0.3, -0.25) is 0 Å². The molecule has 2 heteroatoms. The fourth-order valence-corrected chi connectivity index (χ4v) is 3.03. The predicted octanol–water partition coefficient (Wildman–Crippen LogP) is 4.52. The average molecular weight is 261 g/mol. The number of benzene rings is 2. The van der Waals surface area contributed by atoms with Gasteiger partial charge in [0.25, 0.3) is 0 Å². The van der Waals surface area contributed by atoms with E-state index in [-0.39, 0.29) is 0 Å². The van der Waals surface area contributed by atoms with Crippen molar-refractivity contribution in [3.8, 4) is 0 Å². The van der Waals surface area contributed by atoms with Crippen LogP contribution >= 0.6 is 12.2 Å². The Hall–Kier alpha value is -2.06. The van der Waals surface area contributed by atoms with Gasteiger partial charge in [-0.25, -0.2) is 4.98 Å². The summed E-state index contributed by atoms with van der Waals surface area (Å²) in [6.45, 7) is 0. The Balaban J connectivity index is 2.19. The van der Waals surface area contributed by atoms with E-state index >= 15 is 0 Å². The number of hydrogen-bond donors (Lipinski definition) is 0. The summed E-state index contributed by atoms with van der Waals surface area (Å²) in [6.07, 6.45) is 5.14. The van der Waals surface area contributed by atoms with E-state index in [1.54, 1.807) is 0 Å². The fourth-order valence-electron chi connectivity index (χ4n) is 2.71. The number of hydrogen-bond acceptors (Lipinski definition) is 2. The summed E-state index contributed by atoms with van der Waals surface area (Å²) in [6, 6.07) is 14.6. The van der Waals surface area contributed by atoms with Gasteiger partial charge in [-0.2, -0.15) is 0 Å². The van der Waals surface area contributed by atoms with Crippen LogP contribution in [0.2, 0.25) is 0 Å². The van der Waals surface area contributed by atoms with Crippen LogP contribution in [0.15, 0.2) is 48.5 Å². The highest BCUT2D eigenvalue weighted by Crippen LogP contribution is 2.29.